The monoisotopic (exact) mass is 210 g/mol. The van der Waals surface area contributed by atoms with Gasteiger partial charge in [-0.1, -0.05) is 41.7 Å². The Labute approximate surface area is 59.1 Å². The van der Waals surface area contributed by atoms with E-state index < -0.39 is 0 Å². The number of halogens is 1. The van der Waals surface area contributed by atoms with Crippen LogP contribution in [0, 0.1) is 0 Å². The quantitative estimate of drug-likeness (QED) is 0.373. The van der Waals surface area contributed by atoms with Gasteiger partial charge in [0.2, 0.25) is 0 Å². The summed E-state index contributed by atoms with van der Waals surface area (Å²) in [5.41, 5.74) is 0. The van der Waals surface area contributed by atoms with Crippen LogP contribution in [0.1, 0.15) is 20.3 Å². The minimum absolute atomic E-state index is 0.786. The van der Waals surface area contributed by atoms with E-state index >= 15 is 0 Å². The molecule has 1 atom stereocenters. The van der Waals surface area contributed by atoms with E-state index in [0.29, 0.717) is 0 Å². The zero-order valence-corrected chi connectivity index (χ0v) is 6.97. The molecule has 0 aromatic carbocycles. The summed E-state index contributed by atoms with van der Waals surface area (Å²) in [5, 5.41) is 0. The molecule has 0 rings (SSSR count). The topological polar surface area (TPSA) is 0 Å². The van der Waals surface area contributed by atoms with Crippen LogP contribution in [0.3, 0.4) is 0 Å². The smallest absolute Gasteiger partial charge is 0.0116 e. The van der Waals surface area contributed by atoms with Gasteiger partial charge in [-0.15, -0.1) is 0 Å². The first-order chi connectivity index (χ1) is 3.27. The normalized spacial score (nSPS) is 15.3. The number of allylic oxidation sites excluding steroid dienone is 2. The Kier molecular flexibility index (Phi) is 4.94. The SMILES string of the molecule is C/C=C\CC(C)I. The molecule has 0 nitrogen and oxygen atoms in total. The van der Waals surface area contributed by atoms with Crippen LogP contribution in [0.4, 0.5) is 0 Å². The highest BCUT2D eigenvalue weighted by atomic mass is 127. The molecule has 0 spiro atoms. The molecule has 0 fully saturated rings. The van der Waals surface area contributed by atoms with E-state index in [2.05, 4.69) is 48.6 Å². The summed E-state index contributed by atoms with van der Waals surface area (Å²) >= 11 is 2.41. The van der Waals surface area contributed by atoms with Crippen LogP contribution in [0.2, 0.25) is 0 Å². The number of hydrogen-bond donors (Lipinski definition) is 0. The predicted octanol–water partition coefficient (Wildman–Crippen LogP) is 2.78. The Bertz CT molecular complexity index is 55.2. The largest absolute Gasteiger partial charge is 0.0916 e. The summed E-state index contributed by atoms with van der Waals surface area (Å²) in [6, 6.07) is 0. The van der Waals surface area contributed by atoms with Gasteiger partial charge in [0.25, 0.3) is 0 Å². The van der Waals surface area contributed by atoms with Gasteiger partial charge in [-0.3, -0.25) is 0 Å². The average Bonchev–Trinajstić information content (AvgIpc) is 1.61. The molecule has 0 saturated heterocycles. The molecule has 0 amide bonds. The molecule has 0 aromatic rings. The van der Waals surface area contributed by atoms with Gasteiger partial charge >= 0.3 is 0 Å². The van der Waals surface area contributed by atoms with E-state index in [1.165, 1.54) is 6.42 Å². The number of hydrogen-bond acceptors (Lipinski definition) is 0. The fraction of sp³-hybridized carbons (Fsp3) is 0.667. The zero-order chi connectivity index (χ0) is 5.70. The first-order valence-electron chi connectivity index (χ1n) is 2.52. The Balaban J connectivity index is 2.97. The van der Waals surface area contributed by atoms with Crippen molar-refractivity contribution in [3.63, 3.8) is 0 Å². The van der Waals surface area contributed by atoms with Gasteiger partial charge in [0, 0.05) is 3.92 Å². The van der Waals surface area contributed by atoms with Gasteiger partial charge in [-0.25, -0.2) is 0 Å². The summed E-state index contributed by atoms with van der Waals surface area (Å²) in [4.78, 5) is 0. The van der Waals surface area contributed by atoms with Crippen LogP contribution in [0.5, 0.6) is 0 Å². The highest BCUT2D eigenvalue weighted by Gasteiger charge is 1.86. The van der Waals surface area contributed by atoms with Crippen molar-refractivity contribution in [2.24, 2.45) is 0 Å². The van der Waals surface area contributed by atoms with Crippen LogP contribution in [0.25, 0.3) is 0 Å². The molecule has 0 aromatic heterocycles. The molecule has 0 radical (unpaired) electrons. The third-order valence-electron chi connectivity index (χ3n) is 0.697. The summed E-state index contributed by atoms with van der Waals surface area (Å²) in [7, 11) is 0. The number of alkyl halides is 1. The fourth-order valence-corrected chi connectivity index (χ4v) is 0.617. The zero-order valence-electron chi connectivity index (χ0n) is 4.82. The maximum absolute atomic E-state index is 2.41. The molecule has 0 bridgehead atoms. The predicted molar refractivity (Wildman–Crippen MR) is 42.9 cm³/mol. The van der Waals surface area contributed by atoms with Crippen LogP contribution in [0.15, 0.2) is 12.2 Å². The maximum Gasteiger partial charge on any atom is 0.0116 e. The summed E-state index contributed by atoms with van der Waals surface area (Å²) in [6.07, 6.45) is 5.49. The lowest BCUT2D eigenvalue weighted by atomic mass is 10.3. The average molecular weight is 210 g/mol. The lowest BCUT2D eigenvalue weighted by molar-refractivity contribution is 1.02. The minimum Gasteiger partial charge on any atom is -0.0916 e. The van der Waals surface area contributed by atoms with Crippen molar-refractivity contribution in [3.05, 3.63) is 12.2 Å². The van der Waals surface area contributed by atoms with Gasteiger partial charge in [-0.2, -0.15) is 0 Å². The van der Waals surface area contributed by atoms with E-state index in [4.69, 9.17) is 0 Å². The summed E-state index contributed by atoms with van der Waals surface area (Å²) in [5.74, 6) is 0. The van der Waals surface area contributed by atoms with Crippen molar-refractivity contribution in [1.82, 2.24) is 0 Å². The fourth-order valence-electron chi connectivity index (χ4n) is 0.324. The highest BCUT2D eigenvalue weighted by Crippen LogP contribution is 2.03. The Hall–Kier alpha value is 0.470. The van der Waals surface area contributed by atoms with Crippen LogP contribution in [-0.4, -0.2) is 3.92 Å². The van der Waals surface area contributed by atoms with Gasteiger partial charge < -0.3 is 0 Å². The molecule has 0 aliphatic rings. The second-order valence-electron chi connectivity index (χ2n) is 1.59. The van der Waals surface area contributed by atoms with Gasteiger partial charge in [0.1, 0.15) is 0 Å². The van der Waals surface area contributed by atoms with Crippen molar-refractivity contribution in [3.8, 4) is 0 Å². The molecule has 0 heterocycles. The maximum atomic E-state index is 2.41. The highest BCUT2D eigenvalue weighted by molar-refractivity contribution is 14.1. The van der Waals surface area contributed by atoms with Crippen LogP contribution < -0.4 is 0 Å². The van der Waals surface area contributed by atoms with Gasteiger partial charge in [-0.05, 0) is 13.3 Å². The lowest BCUT2D eigenvalue weighted by Gasteiger charge is -1.91. The van der Waals surface area contributed by atoms with Crippen molar-refractivity contribution >= 4 is 22.6 Å². The van der Waals surface area contributed by atoms with E-state index in [-0.39, 0.29) is 0 Å². The third-order valence-corrected chi connectivity index (χ3v) is 1.21. The van der Waals surface area contributed by atoms with E-state index in [0.717, 1.165) is 3.92 Å². The third kappa shape index (κ3) is 6.47. The second-order valence-corrected chi connectivity index (χ2v) is 3.71. The Morgan fingerprint density at radius 1 is 1.71 bits per heavy atom. The van der Waals surface area contributed by atoms with Crippen LogP contribution in [-0.2, 0) is 0 Å². The first kappa shape index (κ1) is 7.47. The molecule has 0 aliphatic heterocycles. The van der Waals surface area contributed by atoms with Crippen molar-refractivity contribution in [2.75, 3.05) is 0 Å². The molecule has 42 valence electrons. The molecule has 1 heteroatoms. The molecular formula is C6H11I. The minimum atomic E-state index is 0.786. The molecule has 7 heavy (non-hydrogen) atoms. The molecule has 0 aliphatic carbocycles. The van der Waals surface area contributed by atoms with Gasteiger partial charge in [0.05, 0.1) is 0 Å². The van der Waals surface area contributed by atoms with Crippen molar-refractivity contribution in [1.29, 1.82) is 0 Å². The lowest BCUT2D eigenvalue weighted by Crippen LogP contribution is -1.82. The molecular weight excluding hydrogens is 199 g/mol. The van der Waals surface area contributed by atoms with E-state index in [1.54, 1.807) is 0 Å². The standard InChI is InChI=1S/C6H11I/c1-3-4-5-6(2)7/h3-4,6H,5H2,1-2H3/b4-3-. The Morgan fingerprint density at radius 3 is 2.43 bits per heavy atom. The van der Waals surface area contributed by atoms with Gasteiger partial charge in [0.15, 0.2) is 0 Å². The van der Waals surface area contributed by atoms with E-state index in [9.17, 15) is 0 Å². The molecule has 1 unspecified atom stereocenters. The number of rotatable bonds is 2. The van der Waals surface area contributed by atoms with Crippen molar-refractivity contribution in [2.45, 2.75) is 24.2 Å². The Morgan fingerprint density at radius 2 is 2.29 bits per heavy atom. The first-order valence-corrected chi connectivity index (χ1v) is 3.77. The van der Waals surface area contributed by atoms with Crippen molar-refractivity contribution < 1.29 is 0 Å². The summed E-state index contributed by atoms with van der Waals surface area (Å²) < 4.78 is 0.786. The molecule has 0 saturated carbocycles. The second kappa shape index (κ2) is 4.62. The van der Waals surface area contributed by atoms with E-state index in [1.807, 2.05) is 0 Å². The van der Waals surface area contributed by atoms with Crippen LogP contribution >= 0.6 is 22.6 Å². The summed E-state index contributed by atoms with van der Waals surface area (Å²) in [6.45, 7) is 4.26. The molecule has 0 N–H and O–H groups in total.